The van der Waals surface area contributed by atoms with Gasteiger partial charge in [0.05, 0.1) is 6.54 Å². The summed E-state index contributed by atoms with van der Waals surface area (Å²) in [5.74, 6) is -0.712. The van der Waals surface area contributed by atoms with Gasteiger partial charge in [0.1, 0.15) is 12.1 Å². The Labute approximate surface area is 147 Å². The van der Waals surface area contributed by atoms with Gasteiger partial charge in [-0.3, -0.25) is 19.8 Å². The van der Waals surface area contributed by atoms with Crippen LogP contribution in [0.3, 0.4) is 0 Å². The van der Waals surface area contributed by atoms with Crippen molar-refractivity contribution in [3.05, 3.63) is 35.4 Å². The van der Waals surface area contributed by atoms with Gasteiger partial charge in [-0.2, -0.15) is 0 Å². The van der Waals surface area contributed by atoms with Crippen molar-refractivity contribution in [2.24, 2.45) is 5.41 Å². The number of hydrogen-bond donors (Lipinski definition) is 1. The number of carbonyl (C=O) groups is 3. The molecule has 2 atom stereocenters. The fourth-order valence-corrected chi connectivity index (χ4v) is 3.40. The number of ether oxygens (including phenoxy) is 1. The second-order valence-electron chi connectivity index (χ2n) is 7.97. The van der Waals surface area contributed by atoms with E-state index in [0.717, 1.165) is 12.0 Å². The first-order valence-electron chi connectivity index (χ1n) is 8.63. The van der Waals surface area contributed by atoms with Crippen LogP contribution in [0.2, 0.25) is 0 Å². The monoisotopic (exact) mass is 344 g/mol. The molecule has 1 N–H and O–H groups in total. The lowest BCUT2D eigenvalue weighted by atomic mass is 9.87. The SMILES string of the molecule is CC(C)(C)Cc1cccc(C2CN(C3CCC(=O)NC3=O)C(=O)O2)c1. The number of rotatable bonds is 3. The summed E-state index contributed by atoms with van der Waals surface area (Å²) in [6, 6.07) is 7.42. The van der Waals surface area contributed by atoms with Gasteiger partial charge in [-0.25, -0.2) is 4.79 Å². The van der Waals surface area contributed by atoms with E-state index in [1.807, 2.05) is 12.1 Å². The van der Waals surface area contributed by atoms with Crippen molar-refractivity contribution in [3.8, 4) is 0 Å². The summed E-state index contributed by atoms with van der Waals surface area (Å²) in [6.45, 7) is 6.87. The van der Waals surface area contributed by atoms with Crippen LogP contribution < -0.4 is 5.32 Å². The van der Waals surface area contributed by atoms with Gasteiger partial charge >= 0.3 is 6.09 Å². The summed E-state index contributed by atoms with van der Waals surface area (Å²) in [5, 5.41) is 2.29. The van der Waals surface area contributed by atoms with Crippen molar-refractivity contribution < 1.29 is 19.1 Å². The number of carbonyl (C=O) groups excluding carboxylic acids is 3. The third-order valence-electron chi connectivity index (χ3n) is 4.48. The van der Waals surface area contributed by atoms with Crippen LogP contribution in [-0.4, -0.2) is 35.4 Å². The third-order valence-corrected chi connectivity index (χ3v) is 4.48. The summed E-state index contributed by atoms with van der Waals surface area (Å²) < 4.78 is 5.50. The summed E-state index contributed by atoms with van der Waals surface area (Å²) in [5.41, 5.74) is 2.30. The van der Waals surface area contributed by atoms with Crippen molar-refractivity contribution in [1.29, 1.82) is 0 Å². The van der Waals surface area contributed by atoms with Gasteiger partial charge < -0.3 is 4.74 Å². The van der Waals surface area contributed by atoms with Gasteiger partial charge in [-0.15, -0.1) is 0 Å². The van der Waals surface area contributed by atoms with Crippen molar-refractivity contribution in [2.75, 3.05) is 6.54 Å². The minimum Gasteiger partial charge on any atom is -0.439 e. The Kier molecular flexibility index (Phi) is 4.54. The van der Waals surface area contributed by atoms with E-state index in [1.54, 1.807) is 0 Å². The van der Waals surface area contributed by atoms with Crippen molar-refractivity contribution in [2.45, 2.75) is 52.2 Å². The highest BCUT2D eigenvalue weighted by Gasteiger charge is 2.41. The first-order valence-corrected chi connectivity index (χ1v) is 8.63. The predicted octanol–water partition coefficient (Wildman–Crippen LogP) is 2.57. The number of amides is 3. The number of hydrogen-bond acceptors (Lipinski definition) is 4. The molecule has 2 aliphatic rings. The first kappa shape index (κ1) is 17.5. The topological polar surface area (TPSA) is 75.7 Å². The Morgan fingerprint density at radius 1 is 1.24 bits per heavy atom. The van der Waals surface area contributed by atoms with Crippen LogP contribution in [0.4, 0.5) is 4.79 Å². The Bertz CT molecular complexity index is 708. The maximum atomic E-state index is 12.2. The molecule has 6 heteroatoms. The van der Waals surface area contributed by atoms with Gasteiger partial charge in [0, 0.05) is 6.42 Å². The molecule has 1 aromatic rings. The van der Waals surface area contributed by atoms with E-state index < -0.39 is 24.1 Å². The van der Waals surface area contributed by atoms with Crippen LogP contribution in [-0.2, 0) is 20.7 Å². The van der Waals surface area contributed by atoms with E-state index in [2.05, 4.69) is 38.2 Å². The number of nitrogens with one attached hydrogen (secondary N) is 1. The van der Waals surface area contributed by atoms with Gasteiger partial charge in [0.2, 0.25) is 11.8 Å². The number of cyclic esters (lactones) is 1. The quantitative estimate of drug-likeness (QED) is 0.855. The van der Waals surface area contributed by atoms with Gasteiger partial charge in [-0.05, 0) is 29.4 Å². The maximum absolute atomic E-state index is 12.2. The lowest BCUT2D eigenvalue weighted by molar-refractivity contribution is -0.136. The van der Waals surface area contributed by atoms with E-state index in [-0.39, 0.29) is 17.7 Å². The molecule has 2 unspecified atom stereocenters. The van der Waals surface area contributed by atoms with Crippen LogP contribution in [0.5, 0.6) is 0 Å². The van der Waals surface area contributed by atoms with Crippen LogP contribution in [0.25, 0.3) is 0 Å². The van der Waals surface area contributed by atoms with Crippen molar-refractivity contribution in [3.63, 3.8) is 0 Å². The fraction of sp³-hybridized carbons (Fsp3) is 0.526. The molecule has 134 valence electrons. The van der Waals surface area contributed by atoms with Gasteiger partial charge in [-0.1, -0.05) is 45.0 Å². The van der Waals surface area contributed by atoms with Gasteiger partial charge in [0.15, 0.2) is 0 Å². The van der Waals surface area contributed by atoms with E-state index in [9.17, 15) is 14.4 Å². The lowest BCUT2D eigenvalue weighted by Crippen LogP contribution is -2.52. The molecule has 0 bridgehead atoms. The highest BCUT2D eigenvalue weighted by atomic mass is 16.6. The molecule has 2 saturated heterocycles. The van der Waals surface area contributed by atoms with E-state index >= 15 is 0 Å². The first-order chi connectivity index (χ1) is 11.7. The Morgan fingerprint density at radius 3 is 2.68 bits per heavy atom. The molecule has 2 heterocycles. The van der Waals surface area contributed by atoms with E-state index in [4.69, 9.17) is 4.74 Å². The molecule has 0 saturated carbocycles. The standard InChI is InChI=1S/C19H24N2O4/c1-19(2,3)10-12-5-4-6-13(9-12)15-11-21(18(24)25-15)14-7-8-16(22)20-17(14)23/h4-6,9,14-15H,7-8,10-11H2,1-3H3,(H,20,22,23). The highest BCUT2D eigenvalue weighted by Crippen LogP contribution is 2.31. The number of nitrogens with zero attached hydrogens (tertiary/aromatic N) is 1. The molecule has 0 aromatic heterocycles. The third kappa shape index (κ3) is 4.00. The summed E-state index contributed by atoms with van der Waals surface area (Å²) in [4.78, 5) is 37.0. The molecule has 2 fully saturated rings. The number of benzene rings is 1. The number of piperidine rings is 1. The van der Waals surface area contributed by atoms with Crippen LogP contribution in [0.1, 0.15) is 50.8 Å². The Balaban J connectivity index is 1.73. The second kappa shape index (κ2) is 6.50. The molecule has 2 aliphatic heterocycles. The zero-order valence-electron chi connectivity index (χ0n) is 14.9. The average Bonchev–Trinajstić information content (AvgIpc) is 2.88. The molecule has 1 aromatic carbocycles. The largest absolute Gasteiger partial charge is 0.439 e. The normalized spacial score (nSPS) is 24.3. The molecule has 0 radical (unpaired) electrons. The second-order valence-corrected chi connectivity index (χ2v) is 7.97. The zero-order valence-corrected chi connectivity index (χ0v) is 14.9. The molecular formula is C19H24N2O4. The molecule has 0 aliphatic carbocycles. The molecule has 25 heavy (non-hydrogen) atoms. The summed E-state index contributed by atoms with van der Waals surface area (Å²) in [7, 11) is 0. The van der Waals surface area contributed by atoms with Crippen LogP contribution in [0, 0.1) is 5.41 Å². The predicted molar refractivity (Wildman–Crippen MR) is 91.7 cm³/mol. The van der Waals surface area contributed by atoms with Crippen molar-refractivity contribution >= 4 is 17.9 Å². The summed E-state index contributed by atoms with van der Waals surface area (Å²) >= 11 is 0. The van der Waals surface area contributed by atoms with Crippen LogP contribution >= 0.6 is 0 Å². The Morgan fingerprint density at radius 2 is 2.00 bits per heavy atom. The van der Waals surface area contributed by atoms with Crippen molar-refractivity contribution in [1.82, 2.24) is 10.2 Å². The molecule has 3 amide bonds. The minimum atomic E-state index is -0.632. The summed E-state index contributed by atoms with van der Waals surface area (Å²) in [6.07, 6.45) is 0.625. The average molecular weight is 344 g/mol. The van der Waals surface area contributed by atoms with Crippen LogP contribution in [0.15, 0.2) is 24.3 Å². The molecule has 6 nitrogen and oxygen atoms in total. The maximum Gasteiger partial charge on any atom is 0.411 e. The van der Waals surface area contributed by atoms with E-state index in [1.165, 1.54) is 10.5 Å². The minimum absolute atomic E-state index is 0.170. The zero-order chi connectivity index (χ0) is 18.2. The van der Waals surface area contributed by atoms with E-state index in [0.29, 0.717) is 13.0 Å². The molecular weight excluding hydrogens is 320 g/mol. The Hall–Kier alpha value is -2.37. The lowest BCUT2D eigenvalue weighted by Gasteiger charge is -2.27. The molecule has 3 rings (SSSR count). The fourth-order valence-electron chi connectivity index (χ4n) is 3.40. The highest BCUT2D eigenvalue weighted by molar-refractivity contribution is 6.01. The number of imide groups is 1. The van der Waals surface area contributed by atoms with Gasteiger partial charge in [0.25, 0.3) is 0 Å². The smallest absolute Gasteiger partial charge is 0.411 e. The molecule has 0 spiro atoms.